The summed E-state index contributed by atoms with van der Waals surface area (Å²) in [6.07, 6.45) is 3.01. The highest BCUT2D eigenvalue weighted by molar-refractivity contribution is 6.30. The van der Waals surface area contributed by atoms with Crippen molar-refractivity contribution >= 4 is 23.4 Å². The summed E-state index contributed by atoms with van der Waals surface area (Å²) in [7, 11) is 0. The Morgan fingerprint density at radius 1 is 1.36 bits per heavy atom. The van der Waals surface area contributed by atoms with Gasteiger partial charge in [-0.2, -0.15) is 0 Å². The van der Waals surface area contributed by atoms with Crippen LogP contribution in [0.1, 0.15) is 36.5 Å². The molecular formula is C16H22ClN3O2. The van der Waals surface area contributed by atoms with E-state index in [1.807, 2.05) is 0 Å². The van der Waals surface area contributed by atoms with Gasteiger partial charge in [0.15, 0.2) is 0 Å². The van der Waals surface area contributed by atoms with Crippen molar-refractivity contribution in [2.75, 3.05) is 13.1 Å². The van der Waals surface area contributed by atoms with Gasteiger partial charge in [-0.15, -0.1) is 0 Å². The van der Waals surface area contributed by atoms with Crippen LogP contribution in [0.4, 0.5) is 0 Å². The van der Waals surface area contributed by atoms with Crippen molar-refractivity contribution in [1.29, 1.82) is 0 Å². The molecule has 6 heteroatoms. The fourth-order valence-electron chi connectivity index (χ4n) is 2.73. The largest absolute Gasteiger partial charge is 0.341 e. The molecule has 1 aromatic carbocycles. The van der Waals surface area contributed by atoms with Gasteiger partial charge in [0.2, 0.25) is 5.91 Å². The van der Waals surface area contributed by atoms with Gasteiger partial charge >= 0.3 is 0 Å². The molecule has 120 valence electrons. The van der Waals surface area contributed by atoms with Gasteiger partial charge in [-0.3, -0.25) is 9.59 Å². The number of nitrogens with zero attached hydrogens (tertiary/aromatic N) is 1. The van der Waals surface area contributed by atoms with Crippen LogP contribution < -0.4 is 11.1 Å². The van der Waals surface area contributed by atoms with Crippen LogP contribution >= 0.6 is 11.6 Å². The first-order chi connectivity index (χ1) is 10.5. The van der Waals surface area contributed by atoms with Crippen LogP contribution in [0.3, 0.4) is 0 Å². The summed E-state index contributed by atoms with van der Waals surface area (Å²) in [5.74, 6) is -0.351. The van der Waals surface area contributed by atoms with Crippen molar-refractivity contribution in [1.82, 2.24) is 10.2 Å². The minimum atomic E-state index is -0.574. The lowest BCUT2D eigenvalue weighted by molar-refractivity contribution is -0.136. The average Bonchev–Trinajstić information content (AvgIpc) is 2.54. The second kappa shape index (κ2) is 7.61. The Hall–Kier alpha value is -1.59. The number of rotatable bonds is 4. The van der Waals surface area contributed by atoms with Crippen LogP contribution in [0, 0.1) is 0 Å². The highest BCUT2D eigenvalue weighted by Crippen LogP contribution is 2.17. The predicted octanol–water partition coefficient (Wildman–Crippen LogP) is 1.80. The Balaban J connectivity index is 1.98. The third-order valence-corrected chi connectivity index (χ3v) is 4.26. The highest BCUT2D eigenvalue weighted by atomic mass is 35.5. The SMILES string of the molecule is CC(NC(=O)c1ccc(Cl)cc1)C(=O)N1CCCCC1CN. The molecule has 1 heterocycles. The highest BCUT2D eigenvalue weighted by Gasteiger charge is 2.29. The number of amides is 2. The van der Waals surface area contributed by atoms with Gasteiger partial charge in [0.05, 0.1) is 0 Å². The van der Waals surface area contributed by atoms with Gasteiger partial charge in [-0.1, -0.05) is 11.6 Å². The minimum absolute atomic E-state index is 0.0718. The standard InChI is InChI=1S/C16H22ClN3O2/c1-11(16(22)20-9-3-2-4-14(20)10-18)19-15(21)12-5-7-13(17)8-6-12/h5-8,11,14H,2-4,9-10,18H2,1H3,(H,19,21). The van der Waals surface area contributed by atoms with E-state index in [1.165, 1.54) is 0 Å². The molecule has 1 aromatic rings. The van der Waals surface area contributed by atoms with Crippen LogP contribution in [-0.2, 0) is 4.79 Å². The average molecular weight is 324 g/mol. The van der Waals surface area contributed by atoms with E-state index < -0.39 is 6.04 Å². The molecule has 2 unspecified atom stereocenters. The first-order valence-electron chi connectivity index (χ1n) is 7.60. The maximum Gasteiger partial charge on any atom is 0.251 e. The fourth-order valence-corrected chi connectivity index (χ4v) is 2.85. The third-order valence-electron chi connectivity index (χ3n) is 4.01. The zero-order chi connectivity index (χ0) is 16.1. The van der Waals surface area contributed by atoms with Crippen LogP contribution in [0.2, 0.25) is 5.02 Å². The maximum absolute atomic E-state index is 12.5. The monoisotopic (exact) mass is 323 g/mol. The Morgan fingerprint density at radius 2 is 2.05 bits per heavy atom. The maximum atomic E-state index is 12.5. The molecule has 5 nitrogen and oxygen atoms in total. The Labute approximate surface area is 135 Å². The Bertz CT molecular complexity index is 533. The molecular weight excluding hydrogens is 302 g/mol. The summed E-state index contributed by atoms with van der Waals surface area (Å²) >= 11 is 5.80. The zero-order valence-electron chi connectivity index (χ0n) is 12.7. The van der Waals surface area contributed by atoms with E-state index in [4.69, 9.17) is 17.3 Å². The van der Waals surface area contributed by atoms with Gasteiger partial charge in [0, 0.05) is 29.7 Å². The third kappa shape index (κ3) is 3.99. The van der Waals surface area contributed by atoms with Gasteiger partial charge in [-0.05, 0) is 50.5 Å². The molecule has 1 saturated heterocycles. The molecule has 0 bridgehead atoms. The zero-order valence-corrected chi connectivity index (χ0v) is 13.5. The molecule has 0 aliphatic carbocycles. The normalized spacial score (nSPS) is 19.6. The van der Waals surface area contributed by atoms with E-state index in [9.17, 15) is 9.59 Å². The van der Waals surface area contributed by atoms with Gasteiger partial charge in [-0.25, -0.2) is 0 Å². The van der Waals surface area contributed by atoms with E-state index >= 15 is 0 Å². The molecule has 0 saturated carbocycles. The van der Waals surface area contributed by atoms with E-state index in [-0.39, 0.29) is 17.9 Å². The van der Waals surface area contributed by atoms with Gasteiger partial charge < -0.3 is 16.0 Å². The number of carbonyl (C=O) groups excluding carboxylic acids is 2. The van der Waals surface area contributed by atoms with Crippen LogP contribution in [0.15, 0.2) is 24.3 Å². The number of hydrogen-bond donors (Lipinski definition) is 2. The summed E-state index contributed by atoms with van der Waals surface area (Å²) in [5.41, 5.74) is 6.23. The number of nitrogens with one attached hydrogen (secondary N) is 1. The van der Waals surface area contributed by atoms with Gasteiger partial charge in [0.1, 0.15) is 6.04 Å². The lowest BCUT2D eigenvalue weighted by Crippen LogP contribution is -2.54. The van der Waals surface area contributed by atoms with Crippen molar-refractivity contribution < 1.29 is 9.59 Å². The first kappa shape index (κ1) is 16.8. The molecule has 0 spiro atoms. The number of hydrogen-bond acceptors (Lipinski definition) is 3. The number of likely N-dealkylation sites (tertiary alicyclic amines) is 1. The summed E-state index contributed by atoms with van der Waals surface area (Å²) in [6, 6.07) is 6.08. The number of benzene rings is 1. The van der Waals surface area contributed by atoms with E-state index in [1.54, 1.807) is 36.1 Å². The van der Waals surface area contributed by atoms with E-state index in [2.05, 4.69) is 5.32 Å². The van der Waals surface area contributed by atoms with Crippen molar-refractivity contribution in [3.63, 3.8) is 0 Å². The molecule has 1 fully saturated rings. The van der Waals surface area contributed by atoms with Crippen molar-refractivity contribution in [3.05, 3.63) is 34.9 Å². The summed E-state index contributed by atoms with van der Waals surface area (Å²) < 4.78 is 0. The Morgan fingerprint density at radius 3 is 2.68 bits per heavy atom. The summed E-state index contributed by atoms with van der Waals surface area (Å²) in [6.45, 7) is 2.88. The molecule has 0 radical (unpaired) electrons. The molecule has 3 N–H and O–H groups in total. The van der Waals surface area contributed by atoms with Crippen molar-refractivity contribution in [2.45, 2.75) is 38.3 Å². The molecule has 2 rings (SSSR count). The number of halogens is 1. The van der Waals surface area contributed by atoms with Crippen LogP contribution in [0.25, 0.3) is 0 Å². The molecule has 1 aliphatic rings. The lowest BCUT2D eigenvalue weighted by Gasteiger charge is -2.36. The van der Waals surface area contributed by atoms with E-state index in [0.29, 0.717) is 23.7 Å². The predicted molar refractivity (Wildman–Crippen MR) is 86.8 cm³/mol. The molecule has 1 aliphatic heterocycles. The van der Waals surface area contributed by atoms with Gasteiger partial charge in [0.25, 0.3) is 5.91 Å². The smallest absolute Gasteiger partial charge is 0.251 e. The number of piperidine rings is 1. The molecule has 2 atom stereocenters. The lowest BCUT2D eigenvalue weighted by atomic mass is 10.0. The quantitative estimate of drug-likeness (QED) is 0.887. The second-order valence-electron chi connectivity index (χ2n) is 5.62. The second-order valence-corrected chi connectivity index (χ2v) is 6.06. The molecule has 2 amide bonds. The Kier molecular flexibility index (Phi) is 5.80. The van der Waals surface area contributed by atoms with Crippen LogP contribution in [-0.4, -0.2) is 41.9 Å². The fraction of sp³-hybridized carbons (Fsp3) is 0.500. The first-order valence-corrected chi connectivity index (χ1v) is 7.97. The number of nitrogens with two attached hydrogens (primary N) is 1. The topological polar surface area (TPSA) is 75.4 Å². The summed E-state index contributed by atoms with van der Waals surface area (Å²) in [4.78, 5) is 26.5. The number of carbonyl (C=O) groups is 2. The van der Waals surface area contributed by atoms with E-state index in [0.717, 1.165) is 19.3 Å². The van der Waals surface area contributed by atoms with Crippen LogP contribution in [0.5, 0.6) is 0 Å². The van der Waals surface area contributed by atoms with Crippen molar-refractivity contribution in [2.24, 2.45) is 5.73 Å². The summed E-state index contributed by atoms with van der Waals surface area (Å²) in [5, 5.41) is 3.31. The molecule has 0 aromatic heterocycles. The molecule has 22 heavy (non-hydrogen) atoms. The van der Waals surface area contributed by atoms with Crippen molar-refractivity contribution in [3.8, 4) is 0 Å². The minimum Gasteiger partial charge on any atom is -0.341 e.